The van der Waals surface area contributed by atoms with Crippen LogP contribution in [-0.2, 0) is 24.1 Å². The molecule has 118 valence electrons. The normalized spacial score (nSPS) is 12.8. The minimum atomic E-state index is 0.0447. The lowest BCUT2D eigenvalue weighted by atomic mass is 10.0. The lowest BCUT2D eigenvalue weighted by Gasteiger charge is -2.05. The Kier molecular flexibility index (Phi) is 3.75. The number of amides is 1. The number of hydrogen-bond donors (Lipinski definition) is 1. The summed E-state index contributed by atoms with van der Waals surface area (Å²) in [4.78, 5) is 24.7. The van der Waals surface area contributed by atoms with Crippen molar-refractivity contribution < 1.29 is 4.79 Å². The number of hydrogen-bond acceptors (Lipinski definition) is 4. The summed E-state index contributed by atoms with van der Waals surface area (Å²) in [6.45, 7) is 0. The Morgan fingerprint density at radius 1 is 0.958 bits per heavy atom. The maximum absolute atomic E-state index is 11.4. The van der Waals surface area contributed by atoms with E-state index in [1.807, 2.05) is 48.8 Å². The molecule has 3 heterocycles. The van der Waals surface area contributed by atoms with Gasteiger partial charge in [-0.3, -0.25) is 9.78 Å². The topological polar surface area (TPSA) is 67.8 Å². The van der Waals surface area contributed by atoms with E-state index in [0.717, 1.165) is 46.7 Å². The van der Waals surface area contributed by atoms with Crippen LogP contribution in [0.3, 0.4) is 0 Å². The van der Waals surface area contributed by atoms with Crippen molar-refractivity contribution in [3.63, 3.8) is 0 Å². The highest BCUT2D eigenvalue weighted by Crippen LogP contribution is 2.28. The van der Waals surface area contributed by atoms with Crippen molar-refractivity contribution in [2.24, 2.45) is 0 Å². The predicted octanol–water partition coefficient (Wildman–Crippen LogP) is 2.82. The first-order valence-corrected chi connectivity index (χ1v) is 7.92. The molecular weight excluding hydrogens is 300 g/mol. The fourth-order valence-electron chi connectivity index (χ4n) is 2.83. The molecule has 0 aliphatic carbocycles. The minimum absolute atomic E-state index is 0.0447. The number of nitrogens with zero attached hydrogens (tertiary/aromatic N) is 3. The lowest BCUT2D eigenvalue weighted by Crippen LogP contribution is -2.03. The van der Waals surface area contributed by atoms with Crippen LogP contribution < -0.4 is 5.32 Å². The van der Waals surface area contributed by atoms with Crippen molar-refractivity contribution in [1.82, 2.24) is 15.0 Å². The molecule has 1 amide bonds. The molecule has 0 saturated carbocycles. The van der Waals surface area contributed by atoms with Crippen LogP contribution in [0.25, 0.3) is 11.1 Å². The van der Waals surface area contributed by atoms with Gasteiger partial charge in [0.1, 0.15) is 5.82 Å². The lowest BCUT2D eigenvalue weighted by molar-refractivity contribution is -0.115. The van der Waals surface area contributed by atoms with Crippen LogP contribution in [0, 0.1) is 0 Å². The third-order valence-electron chi connectivity index (χ3n) is 4.10. The second-order valence-corrected chi connectivity index (χ2v) is 5.81. The minimum Gasteiger partial charge on any atom is -0.326 e. The van der Waals surface area contributed by atoms with Crippen LogP contribution in [0.5, 0.6) is 0 Å². The number of pyridine rings is 1. The van der Waals surface area contributed by atoms with Gasteiger partial charge in [0.25, 0.3) is 0 Å². The smallest absolute Gasteiger partial charge is 0.228 e. The summed E-state index contributed by atoms with van der Waals surface area (Å²) in [6, 6.07) is 11.9. The average molecular weight is 316 g/mol. The molecule has 24 heavy (non-hydrogen) atoms. The Balaban J connectivity index is 1.48. The zero-order chi connectivity index (χ0) is 16.4. The Morgan fingerprint density at radius 3 is 2.62 bits per heavy atom. The number of anilines is 1. The third-order valence-corrected chi connectivity index (χ3v) is 4.10. The molecule has 0 spiro atoms. The predicted molar refractivity (Wildman–Crippen MR) is 91.4 cm³/mol. The second kappa shape index (κ2) is 6.20. The first-order valence-electron chi connectivity index (χ1n) is 7.92. The number of benzene rings is 1. The van der Waals surface area contributed by atoms with Gasteiger partial charge in [-0.05, 0) is 41.8 Å². The molecule has 0 unspecified atom stereocenters. The van der Waals surface area contributed by atoms with Gasteiger partial charge in [0.05, 0.1) is 6.42 Å². The summed E-state index contributed by atoms with van der Waals surface area (Å²) in [5, 5.41) is 2.84. The maximum atomic E-state index is 11.4. The van der Waals surface area contributed by atoms with E-state index in [2.05, 4.69) is 20.3 Å². The summed E-state index contributed by atoms with van der Waals surface area (Å²) >= 11 is 0. The van der Waals surface area contributed by atoms with Crippen LogP contribution in [0.2, 0.25) is 0 Å². The van der Waals surface area contributed by atoms with Crippen molar-refractivity contribution in [3.05, 3.63) is 72.1 Å². The van der Waals surface area contributed by atoms with Gasteiger partial charge in [-0.1, -0.05) is 12.1 Å². The van der Waals surface area contributed by atoms with Crippen LogP contribution in [0.15, 0.2) is 55.0 Å². The molecule has 3 aromatic rings. The molecule has 1 aromatic carbocycles. The zero-order valence-electron chi connectivity index (χ0n) is 13.1. The van der Waals surface area contributed by atoms with E-state index in [0.29, 0.717) is 6.42 Å². The van der Waals surface area contributed by atoms with Crippen molar-refractivity contribution in [2.75, 3.05) is 5.32 Å². The monoisotopic (exact) mass is 316 g/mol. The standard InChI is InChI=1S/C19H16N4O/c24-19-10-14-9-13(4-6-17(14)23-19)15-11-21-18(22-12-15)7-5-16-3-1-2-8-20-16/h1-4,6,8-9,11-12H,5,7,10H2,(H,23,24). The summed E-state index contributed by atoms with van der Waals surface area (Å²) in [7, 11) is 0. The molecule has 1 N–H and O–H groups in total. The Bertz CT molecular complexity index is 876. The van der Waals surface area contributed by atoms with Gasteiger partial charge < -0.3 is 5.32 Å². The quantitative estimate of drug-likeness (QED) is 0.803. The van der Waals surface area contributed by atoms with Gasteiger partial charge in [0, 0.05) is 42.0 Å². The van der Waals surface area contributed by atoms with Gasteiger partial charge in [-0.2, -0.15) is 0 Å². The molecule has 1 aliphatic heterocycles. The SMILES string of the molecule is O=C1Cc2cc(-c3cnc(CCc4ccccn4)nc3)ccc2N1. The van der Waals surface area contributed by atoms with E-state index in [1.54, 1.807) is 6.20 Å². The third kappa shape index (κ3) is 3.01. The second-order valence-electron chi connectivity index (χ2n) is 5.81. The van der Waals surface area contributed by atoms with Gasteiger partial charge >= 0.3 is 0 Å². The van der Waals surface area contributed by atoms with Crippen molar-refractivity contribution >= 4 is 11.6 Å². The molecule has 5 nitrogen and oxygen atoms in total. The highest BCUT2D eigenvalue weighted by atomic mass is 16.1. The highest BCUT2D eigenvalue weighted by Gasteiger charge is 2.17. The van der Waals surface area contributed by atoms with Gasteiger partial charge in [-0.25, -0.2) is 9.97 Å². The van der Waals surface area contributed by atoms with Gasteiger partial charge in [0.2, 0.25) is 5.91 Å². The first-order chi connectivity index (χ1) is 11.8. The Hall–Kier alpha value is -3.08. The molecule has 5 heteroatoms. The average Bonchev–Trinajstić information content (AvgIpc) is 3.00. The van der Waals surface area contributed by atoms with Crippen molar-refractivity contribution in [2.45, 2.75) is 19.3 Å². The first kappa shape index (κ1) is 14.5. The van der Waals surface area contributed by atoms with E-state index in [9.17, 15) is 4.79 Å². The van der Waals surface area contributed by atoms with Crippen LogP contribution >= 0.6 is 0 Å². The van der Waals surface area contributed by atoms with E-state index in [1.165, 1.54) is 0 Å². The zero-order valence-corrected chi connectivity index (χ0v) is 13.1. The number of aromatic nitrogens is 3. The van der Waals surface area contributed by atoms with E-state index in [4.69, 9.17) is 0 Å². The number of rotatable bonds is 4. The molecular formula is C19H16N4O. The number of fused-ring (bicyclic) bond motifs is 1. The summed E-state index contributed by atoms with van der Waals surface area (Å²) in [6.07, 6.45) is 7.50. The largest absolute Gasteiger partial charge is 0.326 e. The van der Waals surface area contributed by atoms with Crippen LogP contribution in [0.1, 0.15) is 17.1 Å². The molecule has 0 atom stereocenters. The maximum Gasteiger partial charge on any atom is 0.228 e. The van der Waals surface area contributed by atoms with Crippen molar-refractivity contribution in [3.8, 4) is 11.1 Å². The number of aryl methyl sites for hydroxylation is 2. The highest BCUT2D eigenvalue weighted by molar-refractivity contribution is 5.99. The molecule has 0 radical (unpaired) electrons. The van der Waals surface area contributed by atoms with Crippen LogP contribution in [-0.4, -0.2) is 20.9 Å². The van der Waals surface area contributed by atoms with Gasteiger partial charge in [-0.15, -0.1) is 0 Å². The van der Waals surface area contributed by atoms with E-state index < -0.39 is 0 Å². The summed E-state index contributed by atoms with van der Waals surface area (Å²) in [5.41, 5.74) is 4.95. The fraction of sp³-hybridized carbons (Fsp3) is 0.158. The molecule has 2 aromatic heterocycles. The van der Waals surface area contributed by atoms with E-state index >= 15 is 0 Å². The summed E-state index contributed by atoms with van der Waals surface area (Å²) in [5.74, 6) is 0.852. The number of nitrogens with one attached hydrogen (secondary N) is 1. The molecule has 4 rings (SSSR count). The number of carbonyl (C=O) groups is 1. The molecule has 0 bridgehead atoms. The van der Waals surface area contributed by atoms with Crippen molar-refractivity contribution in [1.29, 1.82) is 0 Å². The van der Waals surface area contributed by atoms with Gasteiger partial charge in [0.15, 0.2) is 0 Å². The van der Waals surface area contributed by atoms with Crippen LogP contribution in [0.4, 0.5) is 5.69 Å². The molecule has 0 saturated heterocycles. The fourth-order valence-corrected chi connectivity index (χ4v) is 2.83. The Morgan fingerprint density at radius 2 is 1.83 bits per heavy atom. The summed E-state index contributed by atoms with van der Waals surface area (Å²) < 4.78 is 0. The molecule has 1 aliphatic rings. The van der Waals surface area contributed by atoms with E-state index in [-0.39, 0.29) is 5.91 Å². The number of carbonyl (C=O) groups excluding carboxylic acids is 1. The molecule has 0 fully saturated rings. The Labute approximate surface area is 139 Å².